The molecular weight excluding hydrogens is 368 g/mol. The second-order valence-corrected chi connectivity index (χ2v) is 8.37. The van der Waals surface area contributed by atoms with Gasteiger partial charge in [-0.05, 0) is 66.2 Å². The monoisotopic (exact) mass is 388 g/mol. The van der Waals surface area contributed by atoms with Crippen molar-refractivity contribution in [3.8, 4) is 0 Å². The maximum atomic E-state index is 12.5. The van der Waals surface area contributed by atoms with Crippen LogP contribution in [0.3, 0.4) is 0 Å². The first-order valence-corrected chi connectivity index (χ1v) is 10.4. The molecule has 4 aromatic carbocycles. The number of benzene rings is 4. The Balaban J connectivity index is 1.49. The highest BCUT2D eigenvalue weighted by atomic mass is 32.2. The fourth-order valence-corrected chi connectivity index (χ4v) is 4.05. The van der Waals surface area contributed by atoms with E-state index >= 15 is 0 Å². The SMILES string of the molecule is Cc1ccc(S(=O)(=O)Nc2ccc(Nc3ccc4ccccc4c3)cc2)cc1. The molecule has 0 aromatic heterocycles. The summed E-state index contributed by atoms with van der Waals surface area (Å²) in [6.45, 7) is 1.92. The van der Waals surface area contributed by atoms with Gasteiger partial charge in [-0.3, -0.25) is 4.72 Å². The third-order valence-electron chi connectivity index (χ3n) is 4.51. The molecule has 0 aliphatic rings. The third-order valence-corrected chi connectivity index (χ3v) is 5.90. The molecule has 0 fully saturated rings. The lowest BCUT2D eigenvalue weighted by Gasteiger charge is -2.11. The smallest absolute Gasteiger partial charge is 0.261 e. The summed E-state index contributed by atoms with van der Waals surface area (Å²) in [5, 5.41) is 5.70. The van der Waals surface area contributed by atoms with Gasteiger partial charge in [0, 0.05) is 17.1 Å². The maximum Gasteiger partial charge on any atom is 0.261 e. The normalized spacial score (nSPS) is 11.3. The van der Waals surface area contributed by atoms with Gasteiger partial charge in [0.15, 0.2) is 0 Å². The van der Waals surface area contributed by atoms with E-state index in [1.165, 1.54) is 5.39 Å². The lowest BCUT2D eigenvalue weighted by atomic mass is 10.1. The number of anilines is 3. The molecule has 4 nitrogen and oxygen atoms in total. The van der Waals surface area contributed by atoms with Gasteiger partial charge in [0.25, 0.3) is 10.0 Å². The Hall–Kier alpha value is -3.31. The van der Waals surface area contributed by atoms with Crippen LogP contribution in [0.25, 0.3) is 10.8 Å². The van der Waals surface area contributed by atoms with Gasteiger partial charge in [0.1, 0.15) is 0 Å². The number of hydrogen-bond acceptors (Lipinski definition) is 3. The molecule has 28 heavy (non-hydrogen) atoms. The van der Waals surface area contributed by atoms with Gasteiger partial charge >= 0.3 is 0 Å². The minimum absolute atomic E-state index is 0.247. The van der Waals surface area contributed by atoms with Gasteiger partial charge in [-0.15, -0.1) is 0 Å². The summed E-state index contributed by atoms with van der Waals surface area (Å²) in [5.74, 6) is 0. The number of fused-ring (bicyclic) bond motifs is 1. The van der Waals surface area contributed by atoms with Gasteiger partial charge in [-0.25, -0.2) is 8.42 Å². The van der Waals surface area contributed by atoms with E-state index < -0.39 is 10.0 Å². The van der Waals surface area contributed by atoms with Gasteiger partial charge in [0.2, 0.25) is 0 Å². The highest BCUT2D eigenvalue weighted by Gasteiger charge is 2.13. The molecule has 0 radical (unpaired) electrons. The van der Waals surface area contributed by atoms with Crippen molar-refractivity contribution in [1.29, 1.82) is 0 Å². The van der Waals surface area contributed by atoms with Crippen LogP contribution >= 0.6 is 0 Å². The number of nitrogens with one attached hydrogen (secondary N) is 2. The highest BCUT2D eigenvalue weighted by molar-refractivity contribution is 7.92. The summed E-state index contributed by atoms with van der Waals surface area (Å²) in [5.41, 5.74) is 3.40. The van der Waals surface area contributed by atoms with Crippen molar-refractivity contribution in [3.05, 3.63) is 96.6 Å². The van der Waals surface area contributed by atoms with Crippen LogP contribution in [0.5, 0.6) is 0 Å². The molecule has 0 unspecified atom stereocenters. The molecule has 0 aliphatic heterocycles. The Morgan fingerprint density at radius 1 is 0.643 bits per heavy atom. The summed E-state index contributed by atoms with van der Waals surface area (Å²) in [4.78, 5) is 0.247. The molecule has 0 saturated heterocycles. The average molecular weight is 388 g/mol. The van der Waals surface area contributed by atoms with Crippen LogP contribution in [-0.2, 0) is 10.0 Å². The largest absolute Gasteiger partial charge is 0.356 e. The van der Waals surface area contributed by atoms with Crippen LogP contribution in [0.15, 0.2) is 95.9 Å². The number of hydrogen-bond donors (Lipinski definition) is 2. The zero-order chi connectivity index (χ0) is 19.6. The summed E-state index contributed by atoms with van der Waals surface area (Å²) in [6.07, 6.45) is 0. The first-order valence-electron chi connectivity index (χ1n) is 8.95. The first kappa shape index (κ1) is 18.1. The molecule has 4 aromatic rings. The van der Waals surface area contributed by atoms with Crippen molar-refractivity contribution in [3.63, 3.8) is 0 Å². The lowest BCUT2D eigenvalue weighted by Crippen LogP contribution is -2.12. The maximum absolute atomic E-state index is 12.5. The van der Waals surface area contributed by atoms with Crippen LogP contribution in [0.2, 0.25) is 0 Å². The molecular formula is C23H20N2O2S. The molecule has 0 amide bonds. The highest BCUT2D eigenvalue weighted by Crippen LogP contribution is 2.24. The average Bonchev–Trinajstić information content (AvgIpc) is 2.69. The van der Waals surface area contributed by atoms with Crippen molar-refractivity contribution < 1.29 is 8.42 Å². The topological polar surface area (TPSA) is 58.2 Å². The zero-order valence-corrected chi connectivity index (χ0v) is 16.2. The molecule has 140 valence electrons. The molecule has 2 N–H and O–H groups in total. The Labute approximate surface area is 164 Å². The second-order valence-electron chi connectivity index (χ2n) is 6.68. The summed E-state index contributed by atoms with van der Waals surface area (Å²) >= 11 is 0. The van der Waals surface area contributed by atoms with Crippen LogP contribution in [0.4, 0.5) is 17.1 Å². The molecule has 0 saturated carbocycles. The molecule has 0 spiro atoms. The number of sulfonamides is 1. The molecule has 0 atom stereocenters. The predicted octanol–water partition coefficient (Wildman–Crippen LogP) is 5.69. The minimum Gasteiger partial charge on any atom is -0.356 e. The van der Waals surface area contributed by atoms with Gasteiger partial charge in [-0.1, -0.05) is 48.0 Å². The predicted molar refractivity (Wildman–Crippen MR) is 116 cm³/mol. The van der Waals surface area contributed by atoms with Crippen LogP contribution in [0, 0.1) is 6.92 Å². The van der Waals surface area contributed by atoms with Gasteiger partial charge in [0.05, 0.1) is 4.90 Å². The number of aryl methyl sites for hydroxylation is 1. The van der Waals surface area contributed by atoms with E-state index in [0.29, 0.717) is 5.69 Å². The Morgan fingerprint density at radius 3 is 1.96 bits per heavy atom. The molecule has 4 rings (SSSR count). The van der Waals surface area contributed by atoms with Gasteiger partial charge < -0.3 is 5.32 Å². The van der Waals surface area contributed by atoms with E-state index in [9.17, 15) is 8.42 Å². The minimum atomic E-state index is -3.60. The fraction of sp³-hybridized carbons (Fsp3) is 0.0435. The van der Waals surface area contributed by atoms with Crippen LogP contribution in [0.1, 0.15) is 5.56 Å². The quantitative estimate of drug-likeness (QED) is 0.461. The van der Waals surface area contributed by atoms with E-state index in [1.807, 2.05) is 37.3 Å². The van der Waals surface area contributed by atoms with Crippen molar-refractivity contribution in [2.75, 3.05) is 10.0 Å². The van der Waals surface area contributed by atoms with E-state index in [-0.39, 0.29) is 4.90 Å². The van der Waals surface area contributed by atoms with Crippen molar-refractivity contribution >= 4 is 37.9 Å². The number of rotatable bonds is 5. The summed E-state index contributed by atoms with van der Waals surface area (Å²) < 4.78 is 27.6. The summed E-state index contributed by atoms with van der Waals surface area (Å²) in [7, 11) is -3.60. The third kappa shape index (κ3) is 4.00. The van der Waals surface area contributed by atoms with Crippen molar-refractivity contribution in [1.82, 2.24) is 0 Å². The molecule has 0 heterocycles. The van der Waals surface area contributed by atoms with E-state index in [4.69, 9.17) is 0 Å². The summed E-state index contributed by atoms with van der Waals surface area (Å²) in [6, 6.07) is 28.3. The lowest BCUT2D eigenvalue weighted by molar-refractivity contribution is 0.601. The Morgan fingerprint density at radius 2 is 1.25 bits per heavy atom. The first-order chi connectivity index (χ1) is 13.5. The Bertz CT molecular complexity index is 1220. The van der Waals surface area contributed by atoms with Gasteiger partial charge in [-0.2, -0.15) is 0 Å². The van der Waals surface area contributed by atoms with E-state index in [1.54, 1.807) is 36.4 Å². The zero-order valence-electron chi connectivity index (χ0n) is 15.4. The molecule has 0 bridgehead atoms. The second kappa shape index (κ2) is 7.37. The van der Waals surface area contributed by atoms with E-state index in [2.05, 4.69) is 34.3 Å². The standard InChI is InChI=1S/C23H20N2O2S/c1-17-6-14-23(15-7-17)28(26,27)25-21-12-10-20(11-13-21)24-22-9-8-18-4-2-3-5-19(18)16-22/h2-16,24-25H,1H3. The van der Waals surface area contributed by atoms with Crippen LogP contribution < -0.4 is 10.0 Å². The van der Waals surface area contributed by atoms with E-state index in [0.717, 1.165) is 22.3 Å². The molecule has 0 aliphatic carbocycles. The fourth-order valence-electron chi connectivity index (χ4n) is 2.99. The van der Waals surface area contributed by atoms with Crippen molar-refractivity contribution in [2.24, 2.45) is 0 Å². The Kier molecular flexibility index (Phi) is 4.75. The van der Waals surface area contributed by atoms with Crippen molar-refractivity contribution in [2.45, 2.75) is 11.8 Å². The molecule has 5 heteroatoms. The van der Waals surface area contributed by atoms with Crippen LogP contribution in [-0.4, -0.2) is 8.42 Å².